The van der Waals surface area contributed by atoms with E-state index in [0.29, 0.717) is 6.04 Å². The fourth-order valence-electron chi connectivity index (χ4n) is 3.23. The first-order chi connectivity index (χ1) is 8.83. The van der Waals surface area contributed by atoms with Crippen molar-refractivity contribution >= 4 is 5.91 Å². The highest BCUT2D eigenvalue weighted by molar-refractivity contribution is 5.94. The van der Waals surface area contributed by atoms with Gasteiger partial charge in [0, 0.05) is 11.6 Å². The van der Waals surface area contributed by atoms with Crippen molar-refractivity contribution < 1.29 is 4.79 Å². The summed E-state index contributed by atoms with van der Waals surface area (Å²) in [5.41, 5.74) is 3.66. The Morgan fingerprint density at radius 3 is 2.61 bits per heavy atom. The number of benzene rings is 1. The first kappa shape index (κ1) is 11.8. The molecule has 2 aliphatic rings. The Hall–Kier alpha value is -1.31. The van der Waals surface area contributed by atoms with Crippen LogP contribution >= 0.6 is 0 Å². The monoisotopic (exact) mass is 243 g/mol. The quantitative estimate of drug-likeness (QED) is 0.849. The molecule has 1 saturated carbocycles. The van der Waals surface area contributed by atoms with E-state index in [1.807, 2.05) is 6.07 Å². The molecule has 0 atom stereocenters. The fraction of sp³-hybridized carbons (Fsp3) is 0.562. The minimum atomic E-state index is 0.122. The highest BCUT2D eigenvalue weighted by atomic mass is 16.1. The summed E-state index contributed by atoms with van der Waals surface area (Å²) in [6, 6.07) is 6.63. The lowest BCUT2D eigenvalue weighted by Gasteiger charge is -2.22. The zero-order valence-corrected chi connectivity index (χ0v) is 10.9. The number of amides is 1. The SMILES string of the molecule is O=C(NC1CCCCC1)c1ccc2c(c1)CCC2. The summed E-state index contributed by atoms with van der Waals surface area (Å²) in [5.74, 6) is 0.122. The lowest BCUT2D eigenvalue weighted by atomic mass is 9.95. The van der Waals surface area contributed by atoms with Crippen LogP contribution in [0.15, 0.2) is 18.2 Å². The normalized spacial score (nSPS) is 19.6. The molecule has 0 unspecified atom stereocenters. The lowest BCUT2D eigenvalue weighted by molar-refractivity contribution is 0.0927. The van der Waals surface area contributed by atoms with E-state index in [-0.39, 0.29) is 5.91 Å². The third-order valence-corrected chi connectivity index (χ3v) is 4.30. The second-order valence-electron chi connectivity index (χ2n) is 5.65. The summed E-state index contributed by atoms with van der Waals surface area (Å²) in [6.07, 6.45) is 9.70. The van der Waals surface area contributed by atoms with E-state index in [2.05, 4.69) is 17.4 Å². The van der Waals surface area contributed by atoms with Crippen LogP contribution in [0.25, 0.3) is 0 Å². The van der Waals surface area contributed by atoms with Gasteiger partial charge in [-0.2, -0.15) is 0 Å². The Kier molecular flexibility index (Phi) is 3.35. The molecule has 0 radical (unpaired) electrons. The molecule has 18 heavy (non-hydrogen) atoms. The van der Waals surface area contributed by atoms with Crippen LogP contribution in [0.3, 0.4) is 0 Å². The average Bonchev–Trinajstić information content (AvgIpc) is 2.87. The van der Waals surface area contributed by atoms with Gasteiger partial charge in [0.15, 0.2) is 0 Å². The molecule has 96 valence electrons. The van der Waals surface area contributed by atoms with Crippen LogP contribution in [0.5, 0.6) is 0 Å². The minimum absolute atomic E-state index is 0.122. The van der Waals surface area contributed by atoms with Crippen LogP contribution in [-0.4, -0.2) is 11.9 Å². The third-order valence-electron chi connectivity index (χ3n) is 4.30. The maximum absolute atomic E-state index is 12.2. The second-order valence-corrected chi connectivity index (χ2v) is 5.65. The number of rotatable bonds is 2. The van der Waals surface area contributed by atoms with Gasteiger partial charge < -0.3 is 5.32 Å². The largest absolute Gasteiger partial charge is 0.349 e. The van der Waals surface area contributed by atoms with Crippen molar-refractivity contribution in [3.05, 3.63) is 34.9 Å². The first-order valence-corrected chi connectivity index (χ1v) is 7.25. The van der Waals surface area contributed by atoms with Gasteiger partial charge >= 0.3 is 0 Å². The van der Waals surface area contributed by atoms with E-state index < -0.39 is 0 Å². The van der Waals surface area contributed by atoms with E-state index >= 15 is 0 Å². The summed E-state index contributed by atoms with van der Waals surface area (Å²) >= 11 is 0. The first-order valence-electron chi connectivity index (χ1n) is 7.25. The van der Waals surface area contributed by atoms with Gasteiger partial charge in [-0.05, 0) is 55.4 Å². The number of nitrogens with one attached hydrogen (secondary N) is 1. The Morgan fingerprint density at radius 1 is 1.00 bits per heavy atom. The number of fused-ring (bicyclic) bond motifs is 1. The van der Waals surface area contributed by atoms with Gasteiger partial charge in [0.2, 0.25) is 0 Å². The van der Waals surface area contributed by atoms with Crippen LogP contribution in [-0.2, 0) is 12.8 Å². The van der Waals surface area contributed by atoms with Crippen LogP contribution in [0.2, 0.25) is 0 Å². The summed E-state index contributed by atoms with van der Waals surface area (Å²) in [5, 5.41) is 3.19. The van der Waals surface area contributed by atoms with Crippen LogP contribution in [0.4, 0.5) is 0 Å². The van der Waals surface area contributed by atoms with Crippen molar-refractivity contribution in [3.63, 3.8) is 0 Å². The molecule has 0 heterocycles. The molecule has 1 aromatic rings. The number of aryl methyl sites for hydroxylation is 2. The zero-order valence-electron chi connectivity index (χ0n) is 10.9. The number of hydrogen-bond donors (Lipinski definition) is 1. The Morgan fingerprint density at radius 2 is 1.78 bits per heavy atom. The average molecular weight is 243 g/mol. The topological polar surface area (TPSA) is 29.1 Å². The van der Waals surface area contributed by atoms with Crippen LogP contribution in [0.1, 0.15) is 60.0 Å². The van der Waals surface area contributed by atoms with Gasteiger partial charge in [0.25, 0.3) is 5.91 Å². The molecule has 0 aliphatic heterocycles. The van der Waals surface area contributed by atoms with Gasteiger partial charge in [-0.25, -0.2) is 0 Å². The maximum Gasteiger partial charge on any atom is 0.251 e. The molecule has 1 aromatic carbocycles. The van der Waals surface area contributed by atoms with Crippen LogP contribution in [0, 0.1) is 0 Å². The van der Waals surface area contributed by atoms with Gasteiger partial charge in [-0.3, -0.25) is 4.79 Å². The van der Waals surface area contributed by atoms with Crippen LogP contribution < -0.4 is 5.32 Å². The van der Waals surface area contributed by atoms with E-state index in [9.17, 15) is 4.79 Å². The molecule has 1 amide bonds. The molecule has 0 saturated heterocycles. The standard InChI is InChI=1S/C16H21NO/c18-16(17-15-7-2-1-3-8-15)14-10-9-12-5-4-6-13(12)11-14/h9-11,15H,1-8H2,(H,17,18). The molecular weight excluding hydrogens is 222 g/mol. The predicted octanol–water partition coefficient (Wildman–Crippen LogP) is 3.24. The van der Waals surface area contributed by atoms with E-state index in [4.69, 9.17) is 0 Å². The van der Waals surface area contributed by atoms with Gasteiger partial charge in [0.1, 0.15) is 0 Å². The molecule has 1 fully saturated rings. The molecule has 2 nitrogen and oxygen atoms in total. The van der Waals surface area contributed by atoms with Crippen molar-refractivity contribution in [2.75, 3.05) is 0 Å². The smallest absolute Gasteiger partial charge is 0.251 e. The van der Waals surface area contributed by atoms with E-state index in [1.165, 1.54) is 43.2 Å². The molecule has 3 rings (SSSR count). The summed E-state index contributed by atoms with van der Waals surface area (Å²) < 4.78 is 0. The van der Waals surface area contributed by atoms with Gasteiger partial charge in [-0.1, -0.05) is 25.3 Å². The highest BCUT2D eigenvalue weighted by Gasteiger charge is 2.18. The molecule has 0 aromatic heterocycles. The number of hydrogen-bond acceptors (Lipinski definition) is 1. The van der Waals surface area contributed by atoms with Crippen molar-refractivity contribution in [1.82, 2.24) is 5.32 Å². The Bertz CT molecular complexity index is 446. The minimum Gasteiger partial charge on any atom is -0.349 e. The van der Waals surface area contributed by atoms with E-state index in [0.717, 1.165) is 24.8 Å². The summed E-state index contributed by atoms with van der Waals surface area (Å²) in [7, 11) is 0. The third kappa shape index (κ3) is 2.43. The molecule has 0 bridgehead atoms. The van der Waals surface area contributed by atoms with Crippen molar-refractivity contribution in [1.29, 1.82) is 0 Å². The Balaban J connectivity index is 1.68. The van der Waals surface area contributed by atoms with Gasteiger partial charge in [0.05, 0.1) is 0 Å². The summed E-state index contributed by atoms with van der Waals surface area (Å²) in [4.78, 5) is 12.2. The van der Waals surface area contributed by atoms with Gasteiger partial charge in [-0.15, -0.1) is 0 Å². The Labute approximate surface area is 109 Å². The highest BCUT2D eigenvalue weighted by Crippen LogP contribution is 2.23. The van der Waals surface area contributed by atoms with Crippen molar-refractivity contribution in [2.45, 2.75) is 57.4 Å². The fourth-order valence-corrected chi connectivity index (χ4v) is 3.23. The zero-order chi connectivity index (χ0) is 12.4. The molecule has 2 heteroatoms. The molecule has 0 spiro atoms. The molecule has 2 aliphatic carbocycles. The van der Waals surface area contributed by atoms with E-state index in [1.54, 1.807) is 0 Å². The number of carbonyl (C=O) groups is 1. The number of carbonyl (C=O) groups excluding carboxylic acids is 1. The molecule has 1 N–H and O–H groups in total. The second kappa shape index (κ2) is 5.13. The molecular formula is C16H21NO. The predicted molar refractivity (Wildman–Crippen MR) is 72.8 cm³/mol. The van der Waals surface area contributed by atoms with Crippen molar-refractivity contribution in [3.8, 4) is 0 Å². The maximum atomic E-state index is 12.2. The summed E-state index contributed by atoms with van der Waals surface area (Å²) in [6.45, 7) is 0. The van der Waals surface area contributed by atoms with Crippen molar-refractivity contribution in [2.24, 2.45) is 0 Å². The lowest BCUT2D eigenvalue weighted by Crippen LogP contribution is -2.36.